The summed E-state index contributed by atoms with van der Waals surface area (Å²) in [7, 11) is 0. The molecule has 4 aromatic rings. The van der Waals surface area contributed by atoms with E-state index in [-0.39, 0.29) is 31.3 Å². The third-order valence-electron chi connectivity index (χ3n) is 3.64. The predicted molar refractivity (Wildman–Crippen MR) is 97.6 cm³/mol. The maximum Gasteiger partial charge on any atom is 2.00 e. The second-order valence-corrected chi connectivity index (χ2v) is 5.56. The van der Waals surface area contributed by atoms with Crippen molar-refractivity contribution < 1.29 is 10.2 Å². The van der Waals surface area contributed by atoms with Crippen molar-refractivity contribution in [1.82, 2.24) is 9.97 Å². The molecule has 4 nitrogen and oxygen atoms in total. The molecule has 0 atom stereocenters. The first kappa shape index (κ1) is 18.8. The van der Waals surface area contributed by atoms with Crippen LogP contribution in [0.3, 0.4) is 0 Å². The first-order chi connectivity index (χ1) is 11.5. The van der Waals surface area contributed by atoms with Gasteiger partial charge in [-0.05, 0) is 36.8 Å². The number of aryl methyl sites for hydroxylation is 2. The first-order valence-electron chi connectivity index (χ1n) is 7.61. The molecule has 0 unspecified atom stereocenters. The molecular formula is C20H16GaN2O2. The number of fused-ring (bicyclic) bond motifs is 2. The van der Waals surface area contributed by atoms with Crippen molar-refractivity contribution in [3.8, 4) is 11.5 Å². The van der Waals surface area contributed by atoms with Crippen LogP contribution in [0.4, 0.5) is 0 Å². The monoisotopic (exact) mass is 385 g/mol. The van der Waals surface area contributed by atoms with Crippen molar-refractivity contribution in [2.24, 2.45) is 0 Å². The molecule has 0 aliphatic heterocycles. The Bertz CT molecular complexity index is 936. The summed E-state index contributed by atoms with van der Waals surface area (Å²) in [5.41, 5.74) is 2.90. The summed E-state index contributed by atoms with van der Waals surface area (Å²) in [5.74, 6) is -0.00704. The van der Waals surface area contributed by atoms with E-state index in [1.54, 1.807) is 12.1 Å². The molecule has 2 aromatic carbocycles. The third kappa shape index (κ3) is 4.32. The SMILES string of the molecule is Cc1ccc2cccc([O-])c2n1.Cc1ccc2cccc([O-])c2n1.[Ga+2]. The second-order valence-electron chi connectivity index (χ2n) is 5.56. The summed E-state index contributed by atoms with van der Waals surface area (Å²) in [6.45, 7) is 3.76. The number of hydrogen-bond acceptors (Lipinski definition) is 4. The topological polar surface area (TPSA) is 71.9 Å². The van der Waals surface area contributed by atoms with E-state index >= 15 is 0 Å². The summed E-state index contributed by atoms with van der Waals surface area (Å²) in [6, 6.07) is 18.0. The Morgan fingerprint density at radius 3 is 1.40 bits per heavy atom. The maximum absolute atomic E-state index is 11.3. The molecule has 0 saturated heterocycles. The van der Waals surface area contributed by atoms with Crippen LogP contribution in [0.1, 0.15) is 11.4 Å². The minimum atomic E-state index is -0.00352. The number of aromatic nitrogens is 2. The zero-order chi connectivity index (χ0) is 17.1. The van der Waals surface area contributed by atoms with Crippen LogP contribution in [0.15, 0.2) is 60.7 Å². The van der Waals surface area contributed by atoms with Gasteiger partial charge in [0, 0.05) is 11.4 Å². The van der Waals surface area contributed by atoms with Crippen LogP contribution in [-0.4, -0.2) is 29.8 Å². The van der Waals surface area contributed by atoms with E-state index in [9.17, 15) is 10.2 Å². The van der Waals surface area contributed by atoms with Crippen molar-refractivity contribution in [2.75, 3.05) is 0 Å². The van der Waals surface area contributed by atoms with Crippen LogP contribution in [0.25, 0.3) is 21.8 Å². The molecule has 0 amide bonds. The molecule has 4 rings (SSSR count). The van der Waals surface area contributed by atoms with E-state index in [1.165, 1.54) is 12.1 Å². The van der Waals surface area contributed by atoms with Gasteiger partial charge in [0.1, 0.15) is 0 Å². The normalized spacial score (nSPS) is 10.0. The van der Waals surface area contributed by atoms with Crippen LogP contribution in [0.2, 0.25) is 0 Å². The average Bonchev–Trinajstić information content (AvgIpc) is 2.57. The Morgan fingerprint density at radius 2 is 1.00 bits per heavy atom. The zero-order valence-electron chi connectivity index (χ0n) is 14.1. The number of nitrogens with zero attached hydrogens (tertiary/aromatic N) is 2. The Morgan fingerprint density at radius 1 is 0.600 bits per heavy atom. The third-order valence-corrected chi connectivity index (χ3v) is 3.64. The molecule has 1 radical (unpaired) electrons. The standard InChI is InChI=1S/2C10H9NO.Ga/c2*1-7-5-6-8-3-2-4-9(12)10(8)11-7;/h2*2-6,12H,1H3;/q;;+2/p-2. The van der Waals surface area contributed by atoms with Gasteiger partial charge in [-0.25, -0.2) is 0 Å². The zero-order valence-corrected chi connectivity index (χ0v) is 16.5. The van der Waals surface area contributed by atoms with Gasteiger partial charge in [0.2, 0.25) is 0 Å². The van der Waals surface area contributed by atoms with Crippen LogP contribution in [0.5, 0.6) is 11.5 Å². The van der Waals surface area contributed by atoms with E-state index in [4.69, 9.17) is 0 Å². The second kappa shape index (κ2) is 8.05. The fraction of sp³-hybridized carbons (Fsp3) is 0.100. The van der Waals surface area contributed by atoms with E-state index < -0.39 is 0 Å². The summed E-state index contributed by atoms with van der Waals surface area (Å²) < 4.78 is 0. The van der Waals surface area contributed by atoms with Crippen LogP contribution in [0, 0.1) is 13.8 Å². The minimum absolute atomic E-state index is 0. The minimum Gasteiger partial charge on any atom is -0.871 e. The molecule has 0 bridgehead atoms. The first-order valence-corrected chi connectivity index (χ1v) is 7.61. The Labute approximate surface area is 159 Å². The maximum atomic E-state index is 11.3. The van der Waals surface area contributed by atoms with E-state index in [0.29, 0.717) is 11.0 Å². The molecule has 0 spiro atoms. The van der Waals surface area contributed by atoms with Crippen molar-refractivity contribution >= 4 is 41.6 Å². The molecule has 0 aliphatic carbocycles. The van der Waals surface area contributed by atoms with Gasteiger partial charge < -0.3 is 10.2 Å². The van der Waals surface area contributed by atoms with Crippen molar-refractivity contribution in [3.63, 3.8) is 0 Å². The molecule has 0 N–H and O–H groups in total. The van der Waals surface area contributed by atoms with Crippen LogP contribution < -0.4 is 10.2 Å². The summed E-state index contributed by atoms with van der Waals surface area (Å²) >= 11 is 0. The van der Waals surface area contributed by atoms with Gasteiger partial charge in [-0.1, -0.05) is 60.0 Å². The van der Waals surface area contributed by atoms with Crippen molar-refractivity contribution in [1.29, 1.82) is 0 Å². The summed E-state index contributed by atoms with van der Waals surface area (Å²) in [5, 5.41) is 24.4. The molecule has 5 heteroatoms. The fourth-order valence-electron chi connectivity index (χ4n) is 2.43. The van der Waals surface area contributed by atoms with Gasteiger partial charge in [0.25, 0.3) is 0 Å². The van der Waals surface area contributed by atoms with Gasteiger partial charge in [-0.3, -0.25) is 9.97 Å². The number of rotatable bonds is 0. The van der Waals surface area contributed by atoms with Gasteiger partial charge >= 0.3 is 19.8 Å². The van der Waals surface area contributed by atoms with Crippen molar-refractivity contribution in [2.45, 2.75) is 13.8 Å². The summed E-state index contributed by atoms with van der Waals surface area (Å²) in [4.78, 5) is 8.33. The molecule has 2 heterocycles. The quantitative estimate of drug-likeness (QED) is 0.436. The number of para-hydroxylation sites is 2. The number of pyridine rings is 2. The molecule has 2 aromatic heterocycles. The Hall–Kier alpha value is -2.50. The van der Waals surface area contributed by atoms with Gasteiger partial charge in [-0.2, -0.15) is 0 Å². The summed E-state index contributed by atoms with van der Waals surface area (Å²) in [6.07, 6.45) is 0. The molecular weight excluding hydrogens is 370 g/mol. The van der Waals surface area contributed by atoms with Gasteiger partial charge in [0.15, 0.2) is 0 Å². The van der Waals surface area contributed by atoms with Gasteiger partial charge in [-0.15, -0.1) is 0 Å². The van der Waals surface area contributed by atoms with Crippen LogP contribution >= 0.6 is 0 Å². The molecule has 25 heavy (non-hydrogen) atoms. The number of hydrogen-bond donors (Lipinski definition) is 0. The molecule has 0 aliphatic rings. The smallest absolute Gasteiger partial charge is 0.871 e. The largest absolute Gasteiger partial charge is 2.00 e. The Balaban J connectivity index is 0.000000173. The molecule has 0 saturated carbocycles. The predicted octanol–water partition coefficient (Wildman–Crippen LogP) is 2.85. The fourth-order valence-corrected chi connectivity index (χ4v) is 2.43. The number of benzene rings is 2. The van der Waals surface area contributed by atoms with Crippen LogP contribution in [-0.2, 0) is 0 Å². The molecule has 0 fully saturated rings. The molecule has 121 valence electrons. The average molecular weight is 386 g/mol. The Kier molecular flexibility index (Phi) is 6.06. The van der Waals surface area contributed by atoms with Crippen molar-refractivity contribution in [3.05, 3.63) is 72.1 Å². The van der Waals surface area contributed by atoms with Gasteiger partial charge in [0.05, 0.1) is 11.0 Å². The van der Waals surface area contributed by atoms with E-state index in [2.05, 4.69) is 9.97 Å². The van der Waals surface area contributed by atoms with E-state index in [1.807, 2.05) is 50.2 Å². The van der Waals surface area contributed by atoms with E-state index in [0.717, 1.165) is 22.2 Å².